The van der Waals surface area contributed by atoms with Crippen molar-refractivity contribution in [1.29, 1.82) is 0 Å². The fraction of sp³-hybridized carbons (Fsp3) is 0.143. The average molecular weight is 230 g/mol. The van der Waals surface area contributed by atoms with Crippen LogP contribution in [0.25, 0.3) is 0 Å². The Morgan fingerprint density at radius 1 is 1.00 bits per heavy atom. The Balaban J connectivity index is 2.02. The largest absolute Gasteiger partial charge is 0.489 e. The molecule has 0 radical (unpaired) electrons. The fourth-order valence-corrected chi connectivity index (χ4v) is 1.62. The molecule has 0 aromatic heterocycles. The molecule has 0 saturated carbocycles. The van der Waals surface area contributed by atoms with Gasteiger partial charge < -0.3 is 4.74 Å². The third-order valence-corrected chi connectivity index (χ3v) is 2.79. The number of aryl methyl sites for hydroxylation is 1. The Hall–Kier alpha value is -1.41. The summed E-state index contributed by atoms with van der Waals surface area (Å²) >= 11 is 4.23. The molecule has 2 rings (SSSR count). The van der Waals surface area contributed by atoms with Crippen LogP contribution in [0, 0.1) is 6.92 Å². The van der Waals surface area contributed by atoms with E-state index in [0.29, 0.717) is 6.61 Å². The molecule has 0 atom stereocenters. The second-order valence-corrected chi connectivity index (χ2v) is 4.23. The molecule has 1 nitrogen and oxygen atoms in total. The highest BCUT2D eigenvalue weighted by Crippen LogP contribution is 2.16. The molecule has 0 N–H and O–H groups in total. The summed E-state index contributed by atoms with van der Waals surface area (Å²) in [4.78, 5) is 0.947. The molecule has 0 aliphatic rings. The van der Waals surface area contributed by atoms with Crippen LogP contribution in [0.1, 0.15) is 11.1 Å². The summed E-state index contributed by atoms with van der Waals surface area (Å²) in [5.74, 6) is 0.876. The number of ether oxygens (including phenoxy) is 1. The van der Waals surface area contributed by atoms with Crippen molar-refractivity contribution in [2.45, 2.75) is 18.4 Å². The molecular weight excluding hydrogens is 216 g/mol. The first-order valence-electron chi connectivity index (χ1n) is 5.22. The van der Waals surface area contributed by atoms with Gasteiger partial charge in [-0.25, -0.2) is 0 Å². The molecule has 0 fully saturated rings. The van der Waals surface area contributed by atoms with Crippen LogP contribution >= 0.6 is 12.6 Å². The normalized spacial score (nSPS) is 10.1. The van der Waals surface area contributed by atoms with Crippen LogP contribution in [0.2, 0.25) is 0 Å². The molecule has 0 bridgehead atoms. The van der Waals surface area contributed by atoms with E-state index >= 15 is 0 Å². The van der Waals surface area contributed by atoms with Gasteiger partial charge in [0.25, 0.3) is 0 Å². The van der Waals surface area contributed by atoms with E-state index in [1.807, 2.05) is 36.4 Å². The van der Waals surface area contributed by atoms with Gasteiger partial charge in [-0.2, -0.15) is 0 Å². The van der Waals surface area contributed by atoms with Crippen molar-refractivity contribution >= 4 is 12.6 Å². The summed E-state index contributed by atoms with van der Waals surface area (Å²) in [6.45, 7) is 2.70. The minimum Gasteiger partial charge on any atom is -0.489 e. The lowest BCUT2D eigenvalue weighted by Crippen LogP contribution is -1.97. The van der Waals surface area contributed by atoms with Gasteiger partial charge in [0.05, 0.1) is 0 Å². The van der Waals surface area contributed by atoms with Gasteiger partial charge in [0, 0.05) is 4.90 Å². The van der Waals surface area contributed by atoms with E-state index in [-0.39, 0.29) is 0 Å². The van der Waals surface area contributed by atoms with Crippen molar-refractivity contribution in [3.8, 4) is 5.75 Å². The summed E-state index contributed by atoms with van der Waals surface area (Å²) in [7, 11) is 0. The smallest absolute Gasteiger partial charge is 0.119 e. The lowest BCUT2D eigenvalue weighted by molar-refractivity contribution is 0.305. The van der Waals surface area contributed by atoms with Crippen LogP contribution in [-0.4, -0.2) is 0 Å². The van der Waals surface area contributed by atoms with Crippen molar-refractivity contribution in [2.24, 2.45) is 0 Å². The summed E-state index contributed by atoms with van der Waals surface area (Å²) in [6, 6.07) is 16.0. The standard InChI is InChI=1S/C14H14OS/c1-11-4-2-3-5-12(11)10-15-13-6-8-14(16)9-7-13/h2-9,16H,10H2,1H3. The van der Waals surface area contributed by atoms with E-state index < -0.39 is 0 Å². The van der Waals surface area contributed by atoms with Gasteiger partial charge in [0.15, 0.2) is 0 Å². The third kappa shape index (κ3) is 2.80. The van der Waals surface area contributed by atoms with Crippen molar-refractivity contribution < 1.29 is 4.74 Å². The Morgan fingerprint density at radius 2 is 1.69 bits per heavy atom. The second-order valence-electron chi connectivity index (χ2n) is 3.71. The Kier molecular flexibility index (Phi) is 3.52. The van der Waals surface area contributed by atoms with Crippen molar-refractivity contribution in [1.82, 2.24) is 0 Å². The highest BCUT2D eigenvalue weighted by atomic mass is 32.1. The predicted octanol–water partition coefficient (Wildman–Crippen LogP) is 3.86. The van der Waals surface area contributed by atoms with E-state index in [1.54, 1.807) is 0 Å². The predicted molar refractivity (Wildman–Crippen MR) is 69.2 cm³/mol. The zero-order valence-corrected chi connectivity index (χ0v) is 10.1. The summed E-state index contributed by atoms with van der Waals surface area (Å²) in [6.07, 6.45) is 0. The van der Waals surface area contributed by atoms with Gasteiger partial charge in [-0.1, -0.05) is 24.3 Å². The van der Waals surface area contributed by atoms with Crippen LogP contribution in [0.3, 0.4) is 0 Å². The molecule has 2 aromatic rings. The van der Waals surface area contributed by atoms with Gasteiger partial charge in [-0.05, 0) is 42.3 Å². The zero-order chi connectivity index (χ0) is 11.4. The SMILES string of the molecule is Cc1ccccc1COc1ccc(S)cc1. The molecule has 2 heteroatoms. The van der Waals surface area contributed by atoms with Gasteiger partial charge in [0.1, 0.15) is 12.4 Å². The Bertz CT molecular complexity index is 462. The third-order valence-electron chi connectivity index (χ3n) is 2.49. The van der Waals surface area contributed by atoms with Crippen molar-refractivity contribution in [3.63, 3.8) is 0 Å². The maximum absolute atomic E-state index is 5.69. The second kappa shape index (κ2) is 5.08. The topological polar surface area (TPSA) is 9.23 Å². The number of hydrogen-bond acceptors (Lipinski definition) is 2. The first-order chi connectivity index (χ1) is 7.75. The van der Waals surface area contributed by atoms with E-state index in [4.69, 9.17) is 4.74 Å². The lowest BCUT2D eigenvalue weighted by Gasteiger charge is -2.08. The molecule has 0 unspecified atom stereocenters. The molecule has 0 amide bonds. The van der Waals surface area contributed by atoms with Gasteiger partial charge >= 0.3 is 0 Å². The van der Waals surface area contributed by atoms with E-state index in [1.165, 1.54) is 11.1 Å². The van der Waals surface area contributed by atoms with Crippen LogP contribution in [0.5, 0.6) is 5.75 Å². The molecule has 16 heavy (non-hydrogen) atoms. The van der Waals surface area contributed by atoms with E-state index in [2.05, 4.69) is 31.7 Å². The van der Waals surface area contributed by atoms with Crippen molar-refractivity contribution in [2.75, 3.05) is 0 Å². The van der Waals surface area contributed by atoms with E-state index in [9.17, 15) is 0 Å². The fourth-order valence-electron chi connectivity index (χ4n) is 1.48. The Morgan fingerprint density at radius 3 is 2.38 bits per heavy atom. The molecule has 2 aromatic carbocycles. The van der Waals surface area contributed by atoms with Crippen LogP contribution in [0.15, 0.2) is 53.4 Å². The molecule has 0 aliphatic heterocycles. The number of hydrogen-bond donors (Lipinski definition) is 1. The highest BCUT2D eigenvalue weighted by molar-refractivity contribution is 7.80. The Labute approximate surface area is 101 Å². The van der Waals surface area contributed by atoms with Crippen LogP contribution < -0.4 is 4.74 Å². The molecule has 0 spiro atoms. The molecule has 82 valence electrons. The van der Waals surface area contributed by atoms with Crippen molar-refractivity contribution in [3.05, 3.63) is 59.7 Å². The summed E-state index contributed by atoms with van der Waals surface area (Å²) < 4.78 is 5.69. The first-order valence-corrected chi connectivity index (χ1v) is 5.67. The van der Waals surface area contributed by atoms with Crippen LogP contribution in [-0.2, 0) is 6.61 Å². The molecular formula is C14H14OS. The number of rotatable bonds is 3. The maximum Gasteiger partial charge on any atom is 0.119 e. The monoisotopic (exact) mass is 230 g/mol. The van der Waals surface area contributed by atoms with Gasteiger partial charge in [-0.15, -0.1) is 12.6 Å². The molecule has 0 aliphatic carbocycles. The van der Waals surface area contributed by atoms with Crippen LogP contribution in [0.4, 0.5) is 0 Å². The van der Waals surface area contributed by atoms with Gasteiger partial charge in [-0.3, -0.25) is 0 Å². The zero-order valence-electron chi connectivity index (χ0n) is 9.18. The first kappa shape index (κ1) is 11.1. The van der Waals surface area contributed by atoms with Gasteiger partial charge in [0.2, 0.25) is 0 Å². The minimum absolute atomic E-state index is 0.610. The molecule has 0 saturated heterocycles. The summed E-state index contributed by atoms with van der Waals surface area (Å²) in [5, 5.41) is 0. The summed E-state index contributed by atoms with van der Waals surface area (Å²) in [5.41, 5.74) is 2.48. The minimum atomic E-state index is 0.610. The lowest BCUT2D eigenvalue weighted by atomic mass is 10.1. The average Bonchev–Trinajstić information content (AvgIpc) is 2.30. The maximum atomic E-state index is 5.69. The number of thiol groups is 1. The highest BCUT2D eigenvalue weighted by Gasteiger charge is 1.98. The van der Waals surface area contributed by atoms with E-state index in [0.717, 1.165) is 10.6 Å². The molecule has 0 heterocycles. The number of benzene rings is 2. The quantitative estimate of drug-likeness (QED) is 0.788.